The van der Waals surface area contributed by atoms with E-state index in [1.807, 2.05) is 30.3 Å². The topological polar surface area (TPSA) is 61.4 Å². The Morgan fingerprint density at radius 3 is 2.90 bits per heavy atom. The predicted octanol–water partition coefficient (Wildman–Crippen LogP) is 0.166. The summed E-state index contributed by atoms with van der Waals surface area (Å²) in [5, 5.41) is 5.95. The molecule has 108 valence electrons. The van der Waals surface area contributed by atoms with Gasteiger partial charge in [0.15, 0.2) is 0 Å². The highest BCUT2D eigenvalue weighted by Crippen LogP contribution is 2.03. The molecule has 1 aromatic rings. The number of hydrogen-bond donors (Lipinski definition) is 2. The molecule has 1 fully saturated rings. The summed E-state index contributed by atoms with van der Waals surface area (Å²) in [4.78, 5) is 25.3. The van der Waals surface area contributed by atoms with Crippen molar-refractivity contribution in [1.29, 1.82) is 0 Å². The molecular weight excluding hydrogens is 254 g/mol. The van der Waals surface area contributed by atoms with Crippen LogP contribution >= 0.6 is 0 Å². The van der Waals surface area contributed by atoms with E-state index in [4.69, 9.17) is 0 Å². The predicted molar refractivity (Wildman–Crippen MR) is 77.2 cm³/mol. The van der Waals surface area contributed by atoms with Crippen molar-refractivity contribution >= 4 is 11.8 Å². The fraction of sp³-hybridized carbons (Fsp3) is 0.467. The zero-order chi connectivity index (χ0) is 14.4. The molecule has 1 saturated heterocycles. The highest BCUT2D eigenvalue weighted by atomic mass is 16.2. The van der Waals surface area contributed by atoms with Crippen molar-refractivity contribution in [1.82, 2.24) is 15.5 Å². The van der Waals surface area contributed by atoms with Gasteiger partial charge in [0.1, 0.15) is 0 Å². The van der Waals surface area contributed by atoms with Crippen LogP contribution in [0.5, 0.6) is 0 Å². The highest BCUT2D eigenvalue weighted by molar-refractivity contribution is 5.88. The molecule has 2 rings (SSSR count). The van der Waals surface area contributed by atoms with E-state index in [1.165, 1.54) is 5.56 Å². The van der Waals surface area contributed by atoms with Gasteiger partial charge in [-0.15, -0.1) is 0 Å². The summed E-state index contributed by atoms with van der Waals surface area (Å²) in [6.45, 7) is 2.04. The van der Waals surface area contributed by atoms with E-state index >= 15 is 0 Å². The highest BCUT2D eigenvalue weighted by Gasteiger charge is 2.27. The molecule has 1 unspecified atom stereocenters. The SMILES string of the molecule is CN1CCNC(CC(=O)NCCc2ccccc2)C1=O. The minimum atomic E-state index is -0.384. The van der Waals surface area contributed by atoms with E-state index < -0.39 is 0 Å². The lowest BCUT2D eigenvalue weighted by molar-refractivity contribution is -0.136. The van der Waals surface area contributed by atoms with E-state index in [9.17, 15) is 9.59 Å². The first-order valence-corrected chi connectivity index (χ1v) is 6.96. The maximum Gasteiger partial charge on any atom is 0.240 e. The van der Waals surface area contributed by atoms with Gasteiger partial charge in [0.25, 0.3) is 0 Å². The molecule has 1 aliphatic heterocycles. The summed E-state index contributed by atoms with van der Waals surface area (Å²) < 4.78 is 0. The number of benzene rings is 1. The van der Waals surface area contributed by atoms with Crippen molar-refractivity contribution in [3.8, 4) is 0 Å². The van der Waals surface area contributed by atoms with Crippen LogP contribution in [0.15, 0.2) is 30.3 Å². The third-order valence-corrected chi connectivity index (χ3v) is 3.48. The van der Waals surface area contributed by atoms with Crippen LogP contribution in [-0.2, 0) is 16.0 Å². The van der Waals surface area contributed by atoms with Crippen LogP contribution in [0.2, 0.25) is 0 Å². The summed E-state index contributed by atoms with van der Waals surface area (Å²) in [5.74, 6) is -0.0865. The number of likely N-dealkylation sites (N-methyl/N-ethyl adjacent to an activating group) is 1. The molecular formula is C15H21N3O2. The first-order valence-electron chi connectivity index (χ1n) is 6.96. The van der Waals surface area contributed by atoms with Gasteiger partial charge in [0, 0.05) is 26.7 Å². The van der Waals surface area contributed by atoms with Gasteiger partial charge in [-0.05, 0) is 12.0 Å². The number of amides is 2. The number of hydrogen-bond acceptors (Lipinski definition) is 3. The average Bonchev–Trinajstić information content (AvgIpc) is 2.45. The molecule has 5 nitrogen and oxygen atoms in total. The summed E-state index contributed by atoms with van der Waals surface area (Å²) in [5.41, 5.74) is 1.19. The van der Waals surface area contributed by atoms with E-state index in [0.717, 1.165) is 13.0 Å². The van der Waals surface area contributed by atoms with Gasteiger partial charge in [0.2, 0.25) is 11.8 Å². The Balaban J connectivity index is 1.71. The smallest absolute Gasteiger partial charge is 0.240 e. The molecule has 5 heteroatoms. The molecule has 0 spiro atoms. The third-order valence-electron chi connectivity index (χ3n) is 3.48. The molecule has 1 heterocycles. The van der Waals surface area contributed by atoms with Crippen molar-refractivity contribution in [3.63, 3.8) is 0 Å². The van der Waals surface area contributed by atoms with Gasteiger partial charge in [-0.25, -0.2) is 0 Å². The lowest BCUT2D eigenvalue weighted by Gasteiger charge is -2.29. The molecule has 2 amide bonds. The van der Waals surface area contributed by atoms with Crippen LogP contribution in [0.3, 0.4) is 0 Å². The molecule has 0 aliphatic carbocycles. The van der Waals surface area contributed by atoms with Crippen LogP contribution in [0.1, 0.15) is 12.0 Å². The number of piperazine rings is 1. The number of nitrogens with one attached hydrogen (secondary N) is 2. The van der Waals surface area contributed by atoms with Crippen LogP contribution in [0.4, 0.5) is 0 Å². The average molecular weight is 275 g/mol. The van der Waals surface area contributed by atoms with E-state index in [1.54, 1.807) is 11.9 Å². The number of carbonyl (C=O) groups is 2. The standard InChI is InChI=1S/C15H21N3O2/c1-18-10-9-16-13(15(18)20)11-14(19)17-8-7-12-5-3-2-4-6-12/h2-6,13,16H,7-11H2,1H3,(H,17,19). The number of carbonyl (C=O) groups excluding carboxylic acids is 2. The lowest BCUT2D eigenvalue weighted by Crippen LogP contribution is -2.54. The first-order chi connectivity index (χ1) is 9.66. The van der Waals surface area contributed by atoms with Crippen molar-refractivity contribution in [2.24, 2.45) is 0 Å². The molecule has 1 aliphatic rings. The minimum absolute atomic E-state index is 0.00513. The van der Waals surface area contributed by atoms with Gasteiger partial charge in [0.05, 0.1) is 12.5 Å². The fourth-order valence-electron chi connectivity index (χ4n) is 2.28. The van der Waals surface area contributed by atoms with E-state index in [-0.39, 0.29) is 24.3 Å². The lowest BCUT2D eigenvalue weighted by atomic mass is 10.1. The Bertz CT molecular complexity index is 461. The zero-order valence-corrected chi connectivity index (χ0v) is 11.8. The molecule has 0 radical (unpaired) electrons. The van der Waals surface area contributed by atoms with Crippen molar-refractivity contribution in [3.05, 3.63) is 35.9 Å². The van der Waals surface area contributed by atoms with Crippen LogP contribution in [-0.4, -0.2) is 49.4 Å². The normalized spacial score (nSPS) is 18.9. The Hall–Kier alpha value is -1.88. The van der Waals surface area contributed by atoms with Gasteiger partial charge in [-0.3, -0.25) is 9.59 Å². The van der Waals surface area contributed by atoms with E-state index in [0.29, 0.717) is 13.1 Å². The zero-order valence-electron chi connectivity index (χ0n) is 11.8. The summed E-state index contributed by atoms with van der Waals surface area (Å²) in [6, 6.07) is 9.62. The fourth-order valence-corrected chi connectivity index (χ4v) is 2.28. The Labute approximate surface area is 119 Å². The molecule has 0 saturated carbocycles. The van der Waals surface area contributed by atoms with Crippen LogP contribution in [0.25, 0.3) is 0 Å². The second-order valence-electron chi connectivity index (χ2n) is 5.06. The Morgan fingerprint density at radius 2 is 2.15 bits per heavy atom. The summed E-state index contributed by atoms with van der Waals surface area (Å²) >= 11 is 0. The van der Waals surface area contributed by atoms with Crippen LogP contribution < -0.4 is 10.6 Å². The maximum atomic E-state index is 11.8. The Kier molecular flexibility index (Phi) is 5.12. The molecule has 1 aromatic carbocycles. The second kappa shape index (κ2) is 7.05. The monoisotopic (exact) mass is 275 g/mol. The molecule has 0 bridgehead atoms. The van der Waals surface area contributed by atoms with Crippen molar-refractivity contribution in [2.45, 2.75) is 18.9 Å². The summed E-state index contributed by atoms with van der Waals surface area (Å²) in [6.07, 6.45) is 1.01. The number of nitrogens with zero attached hydrogens (tertiary/aromatic N) is 1. The largest absolute Gasteiger partial charge is 0.356 e. The second-order valence-corrected chi connectivity index (χ2v) is 5.06. The molecule has 20 heavy (non-hydrogen) atoms. The minimum Gasteiger partial charge on any atom is -0.356 e. The summed E-state index contributed by atoms with van der Waals surface area (Å²) in [7, 11) is 1.77. The Morgan fingerprint density at radius 1 is 1.40 bits per heavy atom. The van der Waals surface area contributed by atoms with Gasteiger partial charge >= 0.3 is 0 Å². The van der Waals surface area contributed by atoms with Crippen molar-refractivity contribution in [2.75, 3.05) is 26.7 Å². The first kappa shape index (κ1) is 14.5. The number of rotatable bonds is 5. The molecule has 2 N–H and O–H groups in total. The van der Waals surface area contributed by atoms with Gasteiger partial charge in [-0.1, -0.05) is 30.3 Å². The quantitative estimate of drug-likeness (QED) is 0.805. The maximum absolute atomic E-state index is 11.8. The van der Waals surface area contributed by atoms with Gasteiger partial charge < -0.3 is 15.5 Å². The molecule has 1 atom stereocenters. The van der Waals surface area contributed by atoms with Gasteiger partial charge in [-0.2, -0.15) is 0 Å². The van der Waals surface area contributed by atoms with Crippen LogP contribution in [0, 0.1) is 0 Å². The third kappa shape index (κ3) is 4.06. The van der Waals surface area contributed by atoms with Crippen molar-refractivity contribution < 1.29 is 9.59 Å². The van der Waals surface area contributed by atoms with E-state index in [2.05, 4.69) is 10.6 Å². The molecule has 0 aromatic heterocycles.